The van der Waals surface area contributed by atoms with Crippen LogP contribution in [-0.4, -0.2) is 0 Å². The van der Waals surface area contributed by atoms with Gasteiger partial charge in [0, 0.05) is 11.1 Å². The molecule has 0 aliphatic rings. The largest absolute Gasteiger partial charge is 0.454 e. The molecule has 102 valence electrons. The van der Waals surface area contributed by atoms with E-state index < -0.39 is 0 Å². The fraction of sp³-hybridized carbons (Fsp3) is 0.333. The predicted octanol–water partition coefficient (Wildman–Crippen LogP) is 5.02. The van der Waals surface area contributed by atoms with Crippen molar-refractivity contribution in [2.75, 3.05) is 0 Å². The smallest absolute Gasteiger partial charge is 0.164 e. The van der Waals surface area contributed by atoms with Crippen LogP contribution >= 0.6 is 34.2 Å². The molecule has 1 heterocycles. The van der Waals surface area contributed by atoms with Crippen LogP contribution in [0.3, 0.4) is 0 Å². The maximum atomic E-state index is 5.94. The first kappa shape index (κ1) is 14.9. The normalized spacial score (nSPS) is 12.9. The summed E-state index contributed by atoms with van der Waals surface area (Å²) in [6.07, 6.45) is 0. The topological polar surface area (TPSA) is 25.2 Å². The molecular weight excluding hydrogens is 373 g/mol. The van der Waals surface area contributed by atoms with Gasteiger partial charge in [-0.2, -0.15) is 0 Å². The summed E-state index contributed by atoms with van der Waals surface area (Å²) >= 11 is 8.11. The molecule has 1 unspecified atom stereocenters. The van der Waals surface area contributed by atoms with Crippen molar-refractivity contribution in [2.45, 2.75) is 26.4 Å². The zero-order chi connectivity index (χ0) is 13.8. The van der Waals surface area contributed by atoms with Crippen LogP contribution in [0.1, 0.15) is 31.2 Å². The Kier molecular flexibility index (Phi) is 5.30. The third-order valence-corrected chi connectivity index (χ3v) is 3.85. The van der Waals surface area contributed by atoms with Gasteiger partial charge < -0.3 is 9.73 Å². The summed E-state index contributed by atoms with van der Waals surface area (Å²) < 4.78 is 6.49. The zero-order valence-electron chi connectivity index (χ0n) is 11.0. The minimum absolute atomic E-state index is 0.292. The van der Waals surface area contributed by atoms with Crippen molar-refractivity contribution in [3.63, 3.8) is 0 Å². The summed E-state index contributed by atoms with van der Waals surface area (Å²) in [7, 11) is 0. The van der Waals surface area contributed by atoms with Crippen LogP contribution in [0.2, 0.25) is 5.02 Å². The molecule has 2 rings (SSSR count). The summed E-state index contributed by atoms with van der Waals surface area (Å²) in [5.74, 6) is 1.46. The van der Waals surface area contributed by atoms with Crippen molar-refractivity contribution in [3.05, 3.63) is 56.5 Å². The van der Waals surface area contributed by atoms with Crippen molar-refractivity contribution < 1.29 is 4.42 Å². The quantitative estimate of drug-likeness (QED) is 0.726. The minimum Gasteiger partial charge on any atom is -0.454 e. The first-order valence-corrected chi connectivity index (χ1v) is 7.75. The molecular formula is C15H17ClINO. The van der Waals surface area contributed by atoms with Crippen LogP contribution in [0, 0.1) is 9.68 Å². The van der Waals surface area contributed by atoms with Crippen LogP contribution in [0.15, 0.2) is 40.8 Å². The molecule has 2 nitrogen and oxygen atoms in total. The highest BCUT2D eigenvalue weighted by Crippen LogP contribution is 2.24. The molecule has 0 bridgehead atoms. The Morgan fingerprint density at radius 3 is 2.37 bits per heavy atom. The summed E-state index contributed by atoms with van der Waals surface area (Å²) in [6, 6.07) is 12.3. The van der Waals surface area contributed by atoms with Gasteiger partial charge in [-0.05, 0) is 58.3 Å². The van der Waals surface area contributed by atoms with Gasteiger partial charge >= 0.3 is 0 Å². The summed E-state index contributed by atoms with van der Waals surface area (Å²) in [6.45, 7) is 5.14. The molecule has 0 saturated carbocycles. The second kappa shape index (κ2) is 6.77. The van der Waals surface area contributed by atoms with Crippen LogP contribution in [0.25, 0.3) is 0 Å². The number of hydrogen-bond acceptors (Lipinski definition) is 2. The first-order chi connectivity index (χ1) is 9.06. The lowest BCUT2D eigenvalue weighted by Gasteiger charge is -2.22. The highest BCUT2D eigenvalue weighted by molar-refractivity contribution is 14.1. The van der Waals surface area contributed by atoms with E-state index in [1.165, 1.54) is 5.56 Å². The molecule has 4 heteroatoms. The van der Waals surface area contributed by atoms with Crippen LogP contribution in [-0.2, 0) is 6.54 Å². The van der Waals surface area contributed by atoms with E-state index in [1.807, 2.05) is 24.3 Å². The van der Waals surface area contributed by atoms with Gasteiger partial charge in [0.05, 0.1) is 6.54 Å². The number of furan rings is 1. The van der Waals surface area contributed by atoms with E-state index in [4.69, 9.17) is 16.0 Å². The van der Waals surface area contributed by atoms with Crippen molar-refractivity contribution in [1.29, 1.82) is 0 Å². The molecule has 2 aromatic rings. The molecule has 1 N–H and O–H groups in total. The van der Waals surface area contributed by atoms with Gasteiger partial charge in [-0.25, -0.2) is 0 Å². The summed E-state index contributed by atoms with van der Waals surface area (Å²) in [4.78, 5) is 0. The lowest BCUT2D eigenvalue weighted by molar-refractivity contribution is 0.379. The third kappa shape index (κ3) is 4.23. The molecule has 0 spiro atoms. The molecule has 1 atom stereocenters. The average Bonchev–Trinajstić information content (AvgIpc) is 2.77. The number of hydrogen-bond donors (Lipinski definition) is 1. The molecule has 0 amide bonds. The Balaban J connectivity index is 2.06. The van der Waals surface area contributed by atoms with E-state index in [1.54, 1.807) is 0 Å². The van der Waals surface area contributed by atoms with Gasteiger partial charge in [0.15, 0.2) is 3.77 Å². The van der Waals surface area contributed by atoms with Gasteiger partial charge in [0.25, 0.3) is 0 Å². The zero-order valence-corrected chi connectivity index (χ0v) is 13.9. The molecule has 0 fully saturated rings. The Morgan fingerprint density at radius 2 is 1.84 bits per heavy atom. The van der Waals surface area contributed by atoms with E-state index in [9.17, 15) is 0 Å². The highest BCUT2D eigenvalue weighted by Gasteiger charge is 2.15. The Hall–Kier alpha value is -0.520. The number of halogens is 2. The van der Waals surface area contributed by atoms with Gasteiger partial charge in [0.1, 0.15) is 5.76 Å². The number of nitrogens with one attached hydrogen (secondary N) is 1. The monoisotopic (exact) mass is 389 g/mol. The van der Waals surface area contributed by atoms with Crippen LogP contribution < -0.4 is 5.32 Å². The lowest BCUT2D eigenvalue weighted by Crippen LogP contribution is -2.25. The molecule has 19 heavy (non-hydrogen) atoms. The van der Waals surface area contributed by atoms with Gasteiger partial charge in [-0.1, -0.05) is 37.6 Å². The lowest BCUT2D eigenvalue weighted by atomic mass is 9.96. The summed E-state index contributed by atoms with van der Waals surface area (Å²) in [5.41, 5.74) is 1.25. The Bertz CT molecular complexity index is 521. The maximum absolute atomic E-state index is 5.94. The van der Waals surface area contributed by atoms with Crippen molar-refractivity contribution >= 4 is 34.2 Å². The predicted molar refractivity (Wildman–Crippen MR) is 87.3 cm³/mol. The standard InChI is InChI=1S/C15H17ClINO/c1-10(2)15(11-3-5-12(16)6-4-11)18-9-13-7-8-14(17)19-13/h3-8,10,15,18H,9H2,1-2H3. The fourth-order valence-electron chi connectivity index (χ4n) is 2.07. The second-order valence-electron chi connectivity index (χ2n) is 4.86. The molecule has 0 radical (unpaired) electrons. The summed E-state index contributed by atoms with van der Waals surface area (Å²) in [5, 5.41) is 4.31. The number of rotatable bonds is 5. The van der Waals surface area contributed by atoms with E-state index in [0.717, 1.165) is 21.1 Å². The molecule has 1 aromatic heterocycles. The highest BCUT2D eigenvalue weighted by atomic mass is 127. The van der Waals surface area contributed by atoms with Gasteiger partial charge in [-0.3, -0.25) is 0 Å². The van der Waals surface area contributed by atoms with Crippen molar-refractivity contribution in [3.8, 4) is 0 Å². The minimum atomic E-state index is 0.292. The van der Waals surface area contributed by atoms with Gasteiger partial charge in [0.2, 0.25) is 0 Å². The molecule has 0 aliphatic heterocycles. The SMILES string of the molecule is CC(C)C(NCc1ccc(I)o1)c1ccc(Cl)cc1. The van der Waals surface area contributed by atoms with Crippen molar-refractivity contribution in [2.24, 2.45) is 5.92 Å². The fourth-order valence-corrected chi connectivity index (χ4v) is 2.65. The third-order valence-electron chi connectivity index (χ3n) is 3.02. The molecule has 0 saturated heterocycles. The first-order valence-electron chi connectivity index (χ1n) is 6.29. The molecule has 0 aliphatic carbocycles. The average molecular weight is 390 g/mol. The maximum Gasteiger partial charge on any atom is 0.164 e. The van der Waals surface area contributed by atoms with Crippen LogP contribution in [0.4, 0.5) is 0 Å². The van der Waals surface area contributed by atoms with Crippen LogP contribution in [0.5, 0.6) is 0 Å². The van der Waals surface area contributed by atoms with E-state index in [-0.39, 0.29) is 0 Å². The van der Waals surface area contributed by atoms with E-state index >= 15 is 0 Å². The second-order valence-corrected chi connectivity index (χ2v) is 6.36. The Morgan fingerprint density at radius 1 is 1.16 bits per heavy atom. The van der Waals surface area contributed by atoms with E-state index in [0.29, 0.717) is 12.0 Å². The van der Waals surface area contributed by atoms with Crippen molar-refractivity contribution in [1.82, 2.24) is 5.32 Å². The molecule has 1 aromatic carbocycles. The Labute approximate surface area is 132 Å². The van der Waals surface area contributed by atoms with E-state index in [2.05, 4.69) is 53.9 Å². The van der Waals surface area contributed by atoms with Gasteiger partial charge in [-0.15, -0.1) is 0 Å². The number of benzene rings is 1.